The minimum absolute atomic E-state index is 0.0725. The molecule has 0 spiro atoms. The van der Waals surface area contributed by atoms with Crippen molar-refractivity contribution in [2.24, 2.45) is 0 Å². The highest BCUT2D eigenvalue weighted by molar-refractivity contribution is 7.11. The molecule has 2 rings (SSSR count). The highest BCUT2D eigenvalue weighted by Gasteiger charge is 2.07. The number of ether oxygens (including phenoxy) is 1. The van der Waals surface area contributed by atoms with Crippen LogP contribution in [0.2, 0.25) is 0 Å². The Hall–Kier alpha value is -2.32. The Morgan fingerprint density at radius 2 is 2.32 bits per heavy atom. The zero-order valence-corrected chi connectivity index (χ0v) is 11.4. The van der Waals surface area contributed by atoms with Gasteiger partial charge in [-0.3, -0.25) is 0 Å². The molecule has 1 N–H and O–H groups in total. The first kappa shape index (κ1) is 13.1. The van der Waals surface area contributed by atoms with Crippen molar-refractivity contribution in [2.75, 3.05) is 7.11 Å². The average molecular weight is 272 g/mol. The normalized spacial score (nSPS) is 11.1. The van der Waals surface area contributed by atoms with E-state index in [0.29, 0.717) is 16.3 Å². The molecule has 1 aromatic carbocycles. The fourth-order valence-electron chi connectivity index (χ4n) is 1.57. The molecule has 1 aromatic heterocycles. The van der Waals surface area contributed by atoms with Crippen molar-refractivity contribution in [2.45, 2.75) is 6.92 Å². The van der Waals surface area contributed by atoms with E-state index in [1.54, 1.807) is 18.2 Å². The van der Waals surface area contributed by atoms with Crippen molar-refractivity contribution in [3.63, 3.8) is 0 Å². The third kappa shape index (κ3) is 2.92. The second-order valence-corrected chi connectivity index (χ2v) is 4.75. The Morgan fingerprint density at radius 1 is 1.53 bits per heavy atom. The summed E-state index contributed by atoms with van der Waals surface area (Å²) in [5.74, 6) is 0.449. The van der Waals surface area contributed by atoms with E-state index >= 15 is 0 Å². The van der Waals surface area contributed by atoms with Crippen LogP contribution < -0.4 is 4.74 Å². The first-order valence-corrected chi connectivity index (χ1v) is 6.43. The van der Waals surface area contributed by atoms with E-state index in [0.717, 1.165) is 11.3 Å². The number of aromatic nitrogens is 1. The number of nitrogens with zero attached hydrogens (tertiary/aromatic N) is 2. The van der Waals surface area contributed by atoms with Gasteiger partial charge in [-0.2, -0.15) is 5.26 Å². The number of nitriles is 1. The van der Waals surface area contributed by atoms with Gasteiger partial charge >= 0.3 is 0 Å². The number of allylic oxidation sites excluding steroid dienone is 1. The lowest BCUT2D eigenvalue weighted by Crippen LogP contribution is -1.85. The largest absolute Gasteiger partial charge is 0.504 e. The molecule has 5 heteroatoms. The van der Waals surface area contributed by atoms with Crippen LogP contribution >= 0.6 is 11.3 Å². The molecule has 0 atom stereocenters. The van der Waals surface area contributed by atoms with Gasteiger partial charge in [-0.15, -0.1) is 11.3 Å². The second kappa shape index (κ2) is 5.55. The third-order valence-corrected chi connectivity index (χ3v) is 3.48. The lowest BCUT2D eigenvalue weighted by molar-refractivity contribution is 0.373. The lowest BCUT2D eigenvalue weighted by Gasteiger charge is -2.04. The molecule has 0 amide bonds. The van der Waals surface area contributed by atoms with Gasteiger partial charge in [0.15, 0.2) is 11.5 Å². The van der Waals surface area contributed by atoms with Gasteiger partial charge in [-0.05, 0) is 30.7 Å². The SMILES string of the molecule is COc1cc(C=C(C#N)c2nc(C)cs2)ccc1O. The van der Waals surface area contributed by atoms with E-state index < -0.39 is 0 Å². The standard InChI is InChI=1S/C14H12N2O2S/c1-9-8-19-14(16-9)11(7-15)5-10-3-4-12(17)13(6-10)18-2/h3-6,8,17H,1-2H3. The van der Waals surface area contributed by atoms with Crippen LogP contribution in [0.5, 0.6) is 11.5 Å². The summed E-state index contributed by atoms with van der Waals surface area (Å²) >= 11 is 1.43. The van der Waals surface area contributed by atoms with Gasteiger partial charge in [0.25, 0.3) is 0 Å². The Labute approximate surface area is 115 Å². The summed E-state index contributed by atoms with van der Waals surface area (Å²) < 4.78 is 5.04. The van der Waals surface area contributed by atoms with Gasteiger partial charge in [0.05, 0.1) is 12.7 Å². The summed E-state index contributed by atoms with van der Waals surface area (Å²) in [6, 6.07) is 7.06. The zero-order chi connectivity index (χ0) is 13.8. The van der Waals surface area contributed by atoms with Crippen LogP contribution in [-0.4, -0.2) is 17.2 Å². The molecule has 4 nitrogen and oxygen atoms in total. The summed E-state index contributed by atoms with van der Waals surface area (Å²) in [6.45, 7) is 1.89. The first-order chi connectivity index (χ1) is 9.13. The van der Waals surface area contributed by atoms with Crippen LogP contribution in [0.4, 0.5) is 0 Å². The molecule has 0 unspecified atom stereocenters. The summed E-state index contributed by atoms with van der Waals surface area (Å²) in [5.41, 5.74) is 2.16. The van der Waals surface area contributed by atoms with Crippen LogP contribution in [0.15, 0.2) is 23.6 Å². The summed E-state index contributed by atoms with van der Waals surface area (Å²) in [5, 5.41) is 21.3. The van der Waals surface area contributed by atoms with Crippen molar-refractivity contribution < 1.29 is 9.84 Å². The predicted octanol–water partition coefficient (Wildman–Crippen LogP) is 3.23. The van der Waals surface area contributed by atoms with Gasteiger partial charge in [-0.1, -0.05) is 6.07 Å². The van der Waals surface area contributed by atoms with E-state index in [1.807, 2.05) is 12.3 Å². The van der Waals surface area contributed by atoms with Crippen molar-refractivity contribution in [1.82, 2.24) is 4.98 Å². The zero-order valence-electron chi connectivity index (χ0n) is 10.5. The van der Waals surface area contributed by atoms with Gasteiger partial charge in [0.2, 0.25) is 0 Å². The maximum absolute atomic E-state index is 9.53. The number of hydrogen-bond donors (Lipinski definition) is 1. The molecule has 0 aliphatic heterocycles. The summed E-state index contributed by atoms with van der Waals surface area (Å²) in [6.07, 6.45) is 1.72. The topological polar surface area (TPSA) is 66.1 Å². The minimum Gasteiger partial charge on any atom is -0.504 e. The van der Waals surface area contributed by atoms with Crippen molar-refractivity contribution in [3.8, 4) is 17.6 Å². The molecule has 0 radical (unpaired) electrons. The molecule has 0 fully saturated rings. The Morgan fingerprint density at radius 3 is 2.89 bits per heavy atom. The Kier molecular flexibility index (Phi) is 3.83. The van der Waals surface area contributed by atoms with Gasteiger partial charge in [-0.25, -0.2) is 4.98 Å². The smallest absolute Gasteiger partial charge is 0.161 e. The predicted molar refractivity (Wildman–Crippen MR) is 75.0 cm³/mol. The molecule has 0 aliphatic rings. The highest BCUT2D eigenvalue weighted by Crippen LogP contribution is 2.28. The van der Waals surface area contributed by atoms with Gasteiger partial charge in [0.1, 0.15) is 11.1 Å². The number of aromatic hydroxyl groups is 1. The monoisotopic (exact) mass is 272 g/mol. The number of aryl methyl sites for hydroxylation is 1. The molecule has 19 heavy (non-hydrogen) atoms. The molecule has 96 valence electrons. The van der Waals surface area contributed by atoms with E-state index in [4.69, 9.17) is 4.74 Å². The van der Waals surface area contributed by atoms with Crippen LogP contribution in [0, 0.1) is 18.3 Å². The number of methoxy groups -OCH3 is 1. The van der Waals surface area contributed by atoms with Crippen molar-refractivity contribution in [3.05, 3.63) is 39.8 Å². The van der Waals surface area contributed by atoms with E-state index in [1.165, 1.54) is 24.5 Å². The van der Waals surface area contributed by atoms with Gasteiger partial charge < -0.3 is 9.84 Å². The quantitative estimate of drug-likeness (QED) is 0.871. The maximum Gasteiger partial charge on any atom is 0.161 e. The highest BCUT2D eigenvalue weighted by atomic mass is 32.1. The number of thiazole rings is 1. The molecule has 2 aromatic rings. The van der Waals surface area contributed by atoms with Crippen molar-refractivity contribution in [1.29, 1.82) is 5.26 Å². The van der Waals surface area contributed by atoms with E-state index in [-0.39, 0.29) is 5.75 Å². The van der Waals surface area contributed by atoms with Crippen LogP contribution in [-0.2, 0) is 0 Å². The number of phenolic OH excluding ortho intramolecular Hbond substituents is 1. The van der Waals surface area contributed by atoms with E-state index in [9.17, 15) is 10.4 Å². The van der Waals surface area contributed by atoms with Crippen LogP contribution in [0.25, 0.3) is 11.6 Å². The molecule has 0 saturated carbocycles. The van der Waals surface area contributed by atoms with Gasteiger partial charge in [0, 0.05) is 11.1 Å². The molecular formula is C14H12N2O2S. The fraction of sp³-hybridized carbons (Fsp3) is 0.143. The number of benzene rings is 1. The minimum atomic E-state index is 0.0725. The molecular weight excluding hydrogens is 260 g/mol. The molecule has 0 bridgehead atoms. The number of hydrogen-bond acceptors (Lipinski definition) is 5. The lowest BCUT2D eigenvalue weighted by atomic mass is 10.1. The first-order valence-electron chi connectivity index (χ1n) is 5.55. The molecule has 0 aliphatic carbocycles. The number of rotatable bonds is 3. The summed E-state index contributed by atoms with van der Waals surface area (Å²) in [7, 11) is 1.48. The van der Waals surface area contributed by atoms with E-state index in [2.05, 4.69) is 11.1 Å². The fourth-order valence-corrected chi connectivity index (χ4v) is 2.33. The molecule has 1 heterocycles. The second-order valence-electron chi connectivity index (χ2n) is 3.90. The van der Waals surface area contributed by atoms with Crippen LogP contribution in [0.1, 0.15) is 16.3 Å². The maximum atomic E-state index is 9.53. The Bertz CT molecular complexity index is 668. The Balaban J connectivity index is 2.41. The number of phenols is 1. The summed E-state index contributed by atoms with van der Waals surface area (Å²) in [4.78, 5) is 4.29. The van der Waals surface area contributed by atoms with Crippen molar-refractivity contribution >= 4 is 23.0 Å². The van der Waals surface area contributed by atoms with Crippen LogP contribution in [0.3, 0.4) is 0 Å². The molecule has 0 saturated heterocycles. The average Bonchev–Trinajstić information content (AvgIpc) is 2.84. The third-order valence-electron chi connectivity index (χ3n) is 2.48.